The highest BCUT2D eigenvalue weighted by Gasteiger charge is 2.15. The van der Waals surface area contributed by atoms with Crippen molar-refractivity contribution >= 4 is 11.9 Å². The number of nitrogens with one attached hydrogen (secondary N) is 1. The van der Waals surface area contributed by atoms with Crippen molar-refractivity contribution in [2.45, 2.75) is 33.7 Å². The third kappa shape index (κ3) is 3.56. The van der Waals surface area contributed by atoms with E-state index in [0.717, 1.165) is 5.76 Å². The lowest BCUT2D eigenvalue weighted by Gasteiger charge is -2.11. The van der Waals surface area contributed by atoms with E-state index in [1.54, 1.807) is 20.0 Å². The Morgan fingerprint density at radius 2 is 2.14 bits per heavy atom. The number of ether oxygens (including phenoxy) is 1. The van der Waals surface area contributed by atoms with Crippen LogP contribution in [0.3, 0.4) is 0 Å². The van der Waals surface area contributed by atoms with E-state index in [9.17, 15) is 4.79 Å². The molecular formula is C14H18N4O3. The van der Waals surface area contributed by atoms with Gasteiger partial charge < -0.3 is 14.5 Å². The van der Waals surface area contributed by atoms with Gasteiger partial charge in [-0.1, -0.05) is 0 Å². The standard InChI is InChI=1S/C14H18N4O3/c1-5-20-13(19)11-7-16-14(17-9(11)3)18-10(4)12-15-6-8(2)21-12/h6-7,10H,5H2,1-4H3,(H,16,17,18). The molecule has 0 aromatic carbocycles. The van der Waals surface area contributed by atoms with Crippen LogP contribution in [0, 0.1) is 13.8 Å². The average Bonchev–Trinajstić information content (AvgIpc) is 2.86. The molecule has 112 valence electrons. The van der Waals surface area contributed by atoms with Gasteiger partial charge in [0.15, 0.2) is 0 Å². The maximum atomic E-state index is 11.7. The smallest absolute Gasteiger partial charge is 0.341 e. The van der Waals surface area contributed by atoms with E-state index in [0.29, 0.717) is 29.7 Å². The molecule has 0 saturated carbocycles. The number of carbonyl (C=O) groups is 1. The molecule has 0 spiro atoms. The van der Waals surface area contributed by atoms with Gasteiger partial charge in [0.25, 0.3) is 0 Å². The fraction of sp³-hybridized carbons (Fsp3) is 0.429. The number of nitrogens with zero attached hydrogens (tertiary/aromatic N) is 3. The molecule has 0 aliphatic rings. The number of carbonyl (C=O) groups excluding carboxylic acids is 1. The number of hydrogen-bond acceptors (Lipinski definition) is 7. The molecule has 2 heterocycles. The van der Waals surface area contributed by atoms with Crippen LogP contribution < -0.4 is 5.32 Å². The molecule has 1 N–H and O–H groups in total. The van der Waals surface area contributed by atoms with Gasteiger partial charge in [-0.25, -0.2) is 19.7 Å². The fourth-order valence-corrected chi connectivity index (χ4v) is 1.77. The number of aromatic nitrogens is 3. The summed E-state index contributed by atoms with van der Waals surface area (Å²) in [6, 6.07) is -0.174. The van der Waals surface area contributed by atoms with Gasteiger partial charge in [-0.05, 0) is 27.7 Å². The van der Waals surface area contributed by atoms with Crippen LogP contribution in [0.15, 0.2) is 16.8 Å². The zero-order chi connectivity index (χ0) is 15.4. The number of hydrogen-bond donors (Lipinski definition) is 1. The van der Waals surface area contributed by atoms with Crippen LogP contribution in [0.1, 0.15) is 47.6 Å². The van der Waals surface area contributed by atoms with Gasteiger partial charge in [0.05, 0.1) is 24.1 Å². The molecule has 0 fully saturated rings. The van der Waals surface area contributed by atoms with E-state index in [1.165, 1.54) is 6.20 Å². The van der Waals surface area contributed by atoms with Crippen LogP contribution >= 0.6 is 0 Å². The Morgan fingerprint density at radius 1 is 1.38 bits per heavy atom. The van der Waals surface area contributed by atoms with E-state index in [1.807, 2.05) is 13.8 Å². The molecule has 1 unspecified atom stereocenters. The van der Waals surface area contributed by atoms with Crippen molar-refractivity contribution in [3.8, 4) is 0 Å². The maximum absolute atomic E-state index is 11.7. The molecule has 0 amide bonds. The highest BCUT2D eigenvalue weighted by atomic mass is 16.5. The number of esters is 1. The molecule has 0 aliphatic carbocycles. The lowest BCUT2D eigenvalue weighted by molar-refractivity contribution is 0.0524. The van der Waals surface area contributed by atoms with E-state index >= 15 is 0 Å². The van der Waals surface area contributed by atoms with Crippen molar-refractivity contribution < 1.29 is 13.9 Å². The number of rotatable bonds is 5. The van der Waals surface area contributed by atoms with Gasteiger partial charge in [0, 0.05) is 6.20 Å². The summed E-state index contributed by atoms with van der Waals surface area (Å²) in [6.45, 7) is 7.53. The second-order valence-electron chi connectivity index (χ2n) is 4.59. The largest absolute Gasteiger partial charge is 0.462 e. The molecule has 0 saturated heterocycles. The zero-order valence-electron chi connectivity index (χ0n) is 12.5. The second kappa shape index (κ2) is 6.34. The summed E-state index contributed by atoms with van der Waals surface area (Å²) in [5, 5.41) is 3.08. The third-order valence-corrected chi connectivity index (χ3v) is 2.83. The van der Waals surface area contributed by atoms with Crippen LogP contribution in [0.4, 0.5) is 5.95 Å². The lowest BCUT2D eigenvalue weighted by atomic mass is 10.2. The van der Waals surface area contributed by atoms with Crippen molar-refractivity contribution in [3.63, 3.8) is 0 Å². The molecule has 2 aromatic heterocycles. The van der Waals surface area contributed by atoms with Crippen molar-refractivity contribution in [2.75, 3.05) is 11.9 Å². The van der Waals surface area contributed by atoms with Crippen LogP contribution in [-0.2, 0) is 4.74 Å². The Morgan fingerprint density at radius 3 is 2.71 bits per heavy atom. The first-order chi connectivity index (χ1) is 10.0. The first-order valence-corrected chi connectivity index (χ1v) is 6.71. The summed E-state index contributed by atoms with van der Waals surface area (Å²) in [5.74, 6) is 1.29. The summed E-state index contributed by atoms with van der Waals surface area (Å²) in [5.41, 5.74) is 0.920. The van der Waals surface area contributed by atoms with Gasteiger partial charge in [-0.15, -0.1) is 0 Å². The van der Waals surface area contributed by atoms with Gasteiger partial charge in [-0.3, -0.25) is 0 Å². The summed E-state index contributed by atoms with van der Waals surface area (Å²) < 4.78 is 10.4. The lowest BCUT2D eigenvalue weighted by Crippen LogP contribution is -2.13. The Balaban J connectivity index is 2.11. The molecule has 0 bridgehead atoms. The normalized spacial score (nSPS) is 12.0. The van der Waals surface area contributed by atoms with Gasteiger partial charge in [0.2, 0.25) is 11.8 Å². The molecule has 21 heavy (non-hydrogen) atoms. The molecule has 0 aliphatic heterocycles. The number of anilines is 1. The minimum absolute atomic E-state index is 0.174. The molecule has 1 atom stereocenters. The van der Waals surface area contributed by atoms with Gasteiger partial charge in [-0.2, -0.15) is 0 Å². The minimum atomic E-state index is -0.419. The molecule has 2 rings (SSSR count). The van der Waals surface area contributed by atoms with Gasteiger partial charge in [0.1, 0.15) is 11.8 Å². The molecular weight excluding hydrogens is 272 g/mol. The van der Waals surface area contributed by atoms with Crippen LogP contribution in [0.25, 0.3) is 0 Å². The predicted octanol–water partition coefficient (Wildman–Crippen LogP) is 2.43. The topological polar surface area (TPSA) is 90.1 Å². The first-order valence-electron chi connectivity index (χ1n) is 6.71. The Bertz CT molecular complexity index is 639. The average molecular weight is 290 g/mol. The molecule has 7 heteroatoms. The third-order valence-electron chi connectivity index (χ3n) is 2.83. The van der Waals surface area contributed by atoms with Crippen LogP contribution in [-0.4, -0.2) is 27.5 Å². The van der Waals surface area contributed by atoms with E-state index in [-0.39, 0.29) is 6.04 Å². The highest BCUT2D eigenvalue weighted by molar-refractivity contribution is 5.90. The molecule has 7 nitrogen and oxygen atoms in total. The SMILES string of the molecule is CCOC(=O)c1cnc(NC(C)c2ncc(C)o2)nc1C. The number of aryl methyl sites for hydroxylation is 2. The Hall–Kier alpha value is -2.44. The van der Waals surface area contributed by atoms with Crippen molar-refractivity contribution in [1.82, 2.24) is 15.0 Å². The van der Waals surface area contributed by atoms with E-state index in [4.69, 9.17) is 9.15 Å². The van der Waals surface area contributed by atoms with E-state index in [2.05, 4.69) is 20.3 Å². The predicted molar refractivity (Wildman–Crippen MR) is 76.0 cm³/mol. The Labute approximate surface area is 122 Å². The fourth-order valence-electron chi connectivity index (χ4n) is 1.77. The summed E-state index contributed by atoms with van der Waals surface area (Å²) in [6.07, 6.45) is 3.11. The summed E-state index contributed by atoms with van der Waals surface area (Å²) in [4.78, 5) is 24.2. The molecule has 2 aromatic rings. The van der Waals surface area contributed by atoms with Crippen LogP contribution in [0.2, 0.25) is 0 Å². The van der Waals surface area contributed by atoms with E-state index < -0.39 is 5.97 Å². The maximum Gasteiger partial charge on any atom is 0.341 e. The van der Waals surface area contributed by atoms with Crippen LogP contribution in [0.5, 0.6) is 0 Å². The van der Waals surface area contributed by atoms with Crippen molar-refractivity contribution in [2.24, 2.45) is 0 Å². The quantitative estimate of drug-likeness (QED) is 0.846. The monoisotopic (exact) mass is 290 g/mol. The zero-order valence-corrected chi connectivity index (χ0v) is 12.5. The van der Waals surface area contributed by atoms with Crippen molar-refractivity contribution in [1.29, 1.82) is 0 Å². The first kappa shape index (κ1) is 15.0. The summed E-state index contributed by atoms with van der Waals surface area (Å²) in [7, 11) is 0. The number of oxazole rings is 1. The highest BCUT2D eigenvalue weighted by Crippen LogP contribution is 2.17. The molecule has 0 radical (unpaired) electrons. The van der Waals surface area contributed by atoms with Crippen molar-refractivity contribution in [3.05, 3.63) is 35.3 Å². The second-order valence-corrected chi connectivity index (χ2v) is 4.59. The van der Waals surface area contributed by atoms with Gasteiger partial charge >= 0.3 is 5.97 Å². The Kier molecular flexibility index (Phi) is 4.52. The summed E-state index contributed by atoms with van der Waals surface area (Å²) >= 11 is 0. The minimum Gasteiger partial charge on any atom is -0.462 e.